The average Bonchev–Trinajstić information content (AvgIpc) is 3.28. The summed E-state index contributed by atoms with van der Waals surface area (Å²) in [7, 11) is 0. The monoisotopic (exact) mass is 435 g/mol. The van der Waals surface area contributed by atoms with Gasteiger partial charge >= 0.3 is 12.1 Å². The number of nitrogens with zero attached hydrogens (tertiary/aromatic N) is 4. The largest absolute Gasteiger partial charge is 0.573 e. The number of ether oxygens (including phenoxy) is 2. The highest BCUT2D eigenvalue weighted by Gasteiger charge is 2.31. The van der Waals surface area contributed by atoms with Crippen molar-refractivity contribution in [3.63, 3.8) is 0 Å². The minimum Gasteiger partial charge on any atom is -0.428 e. The minimum absolute atomic E-state index is 0.147. The van der Waals surface area contributed by atoms with Crippen molar-refractivity contribution in [3.8, 4) is 33.8 Å². The Hall–Kier alpha value is -3.67. The van der Waals surface area contributed by atoms with Crippen molar-refractivity contribution in [1.82, 2.24) is 24.1 Å². The van der Waals surface area contributed by atoms with Crippen LogP contribution in [0.5, 0.6) is 16.7 Å². The lowest BCUT2D eigenvalue weighted by molar-refractivity contribution is -0.274. The molecule has 2 aromatic carbocycles. The summed E-state index contributed by atoms with van der Waals surface area (Å²) in [6, 6.07) is 12.1. The first-order chi connectivity index (χ1) is 14.3. The zero-order chi connectivity index (χ0) is 21.3. The van der Waals surface area contributed by atoms with E-state index in [9.17, 15) is 18.0 Å². The van der Waals surface area contributed by atoms with Crippen LogP contribution in [0.2, 0.25) is 0 Å². The van der Waals surface area contributed by atoms with Crippen molar-refractivity contribution in [1.29, 1.82) is 0 Å². The molecular formula is C18H12F3N5O3S. The van der Waals surface area contributed by atoms with Gasteiger partial charge in [0.25, 0.3) is 5.19 Å². The van der Waals surface area contributed by atoms with Gasteiger partial charge in [-0.2, -0.15) is 14.5 Å². The van der Waals surface area contributed by atoms with E-state index in [1.54, 1.807) is 37.3 Å². The molecule has 4 aromatic rings. The zero-order valence-electron chi connectivity index (χ0n) is 15.2. The molecule has 0 spiro atoms. The second kappa shape index (κ2) is 7.63. The van der Waals surface area contributed by atoms with Crippen molar-refractivity contribution in [2.75, 3.05) is 0 Å². The highest BCUT2D eigenvalue weighted by molar-refractivity contribution is 7.07. The summed E-state index contributed by atoms with van der Waals surface area (Å²) in [5.74, 6) is 0.575. The van der Waals surface area contributed by atoms with Crippen LogP contribution in [0.15, 0.2) is 53.3 Å². The van der Waals surface area contributed by atoms with Gasteiger partial charge in [0.1, 0.15) is 11.6 Å². The number of aryl methyl sites for hydroxylation is 1. The molecular weight excluding hydrogens is 423 g/mol. The average molecular weight is 435 g/mol. The van der Waals surface area contributed by atoms with Gasteiger partial charge in [-0.1, -0.05) is 24.3 Å². The van der Waals surface area contributed by atoms with Gasteiger partial charge in [-0.05, 0) is 31.2 Å². The number of benzene rings is 2. The molecule has 0 aliphatic carbocycles. The molecule has 0 saturated carbocycles. The standard InChI is InChI=1S/C18H12F3N5O3S/c1-10-23-24-16(27)26(10)13-7-2-3-8-14(13)28-17-22-15(25-30-17)11-5-4-6-12(9-11)29-18(19,20)21/h2-9H,1H3,(H,24,27). The first kappa shape index (κ1) is 19.6. The van der Waals surface area contributed by atoms with E-state index in [0.717, 1.165) is 11.5 Å². The molecule has 0 amide bonds. The summed E-state index contributed by atoms with van der Waals surface area (Å²) in [5.41, 5.74) is 0.354. The highest BCUT2D eigenvalue weighted by atomic mass is 32.1. The number of H-pyrrole nitrogens is 1. The molecule has 0 atom stereocenters. The summed E-state index contributed by atoms with van der Waals surface area (Å²) in [6.45, 7) is 1.66. The Balaban J connectivity index is 1.62. The Bertz CT molecular complexity index is 1250. The van der Waals surface area contributed by atoms with Crippen LogP contribution in [-0.4, -0.2) is 30.5 Å². The second-order valence-electron chi connectivity index (χ2n) is 5.94. The van der Waals surface area contributed by atoms with Crippen molar-refractivity contribution < 1.29 is 22.6 Å². The number of hydrogen-bond donors (Lipinski definition) is 1. The van der Waals surface area contributed by atoms with Gasteiger partial charge in [0.15, 0.2) is 11.6 Å². The lowest BCUT2D eigenvalue weighted by Gasteiger charge is -2.09. The summed E-state index contributed by atoms with van der Waals surface area (Å²) < 4.78 is 52.5. The van der Waals surface area contributed by atoms with Crippen molar-refractivity contribution in [2.45, 2.75) is 13.3 Å². The highest BCUT2D eigenvalue weighted by Crippen LogP contribution is 2.32. The third-order valence-corrected chi connectivity index (χ3v) is 4.47. The Morgan fingerprint density at radius 1 is 1.13 bits per heavy atom. The van der Waals surface area contributed by atoms with Crippen LogP contribution in [0.1, 0.15) is 5.82 Å². The number of aromatic nitrogens is 5. The van der Waals surface area contributed by atoms with Gasteiger partial charge in [-0.3, -0.25) is 0 Å². The fourth-order valence-corrected chi connectivity index (χ4v) is 3.25. The fourth-order valence-electron chi connectivity index (χ4n) is 2.68. The maximum atomic E-state index is 12.4. The van der Waals surface area contributed by atoms with Crippen molar-refractivity contribution in [2.24, 2.45) is 0 Å². The molecule has 12 heteroatoms. The van der Waals surface area contributed by atoms with Gasteiger partial charge in [-0.15, -0.1) is 13.2 Å². The number of alkyl halides is 3. The topological polar surface area (TPSA) is 94.9 Å². The Morgan fingerprint density at radius 2 is 1.93 bits per heavy atom. The summed E-state index contributed by atoms with van der Waals surface area (Å²) in [6.07, 6.45) is -4.80. The van der Waals surface area contributed by atoms with E-state index in [2.05, 4.69) is 24.3 Å². The molecule has 154 valence electrons. The van der Waals surface area contributed by atoms with Gasteiger partial charge in [0, 0.05) is 17.1 Å². The molecule has 0 saturated heterocycles. The van der Waals surface area contributed by atoms with E-state index in [0.29, 0.717) is 22.8 Å². The number of hydrogen-bond acceptors (Lipinski definition) is 7. The number of nitrogens with one attached hydrogen (secondary N) is 1. The van der Waals surface area contributed by atoms with Crippen molar-refractivity contribution in [3.05, 3.63) is 64.8 Å². The molecule has 0 aliphatic heterocycles. The van der Waals surface area contributed by atoms with Gasteiger partial charge in [-0.25, -0.2) is 14.5 Å². The molecule has 0 fully saturated rings. The van der Waals surface area contributed by atoms with E-state index in [1.807, 2.05) is 0 Å². The fraction of sp³-hybridized carbons (Fsp3) is 0.111. The number of para-hydroxylation sites is 2. The summed E-state index contributed by atoms with van der Waals surface area (Å²) >= 11 is 0.915. The second-order valence-corrected chi connectivity index (χ2v) is 6.66. The van der Waals surface area contributed by atoms with Crippen LogP contribution in [0.25, 0.3) is 17.1 Å². The van der Waals surface area contributed by atoms with E-state index < -0.39 is 12.1 Å². The van der Waals surface area contributed by atoms with Crippen LogP contribution in [0.3, 0.4) is 0 Å². The number of rotatable bonds is 5. The van der Waals surface area contributed by atoms with Gasteiger partial charge in [0.2, 0.25) is 0 Å². The Morgan fingerprint density at radius 3 is 2.67 bits per heavy atom. The lowest BCUT2D eigenvalue weighted by Crippen LogP contribution is -2.17. The van der Waals surface area contributed by atoms with Crippen LogP contribution < -0.4 is 15.2 Å². The molecule has 0 radical (unpaired) electrons. The third-order valence-electron chi connectivity index (χ3n) is 3.88. The normalized spacial score (nSPS) is 11.5. The van der Waals surface area contributed by atoms with E-state index >= 15 is 0 Å². The first-order valence-electron chi connectivity index (χ1n) is 8.41. The molecule has 30 heavy (non-hydrogen) atoms. The Kier molecular flexibility index (Phi) is 4.99. The van der Waals surface area contributed by atoms with Gasteiger partial charge < -0.3 is 9.47 Å². The van der Waals surface area contributed by atoms with E-state index in [1.165, 1.54) is 22.8 Å². The number of aromatic amines is 1. The smallest absolute Gasteiger partial charge is 0.428 e. The van der Waals surface area contributed by atoms with Crippen LogP contribution >= 0.6 is 11.5 Å². The lowest BCUT2D eigenvalue weighted by atomic mass is 10.2. The van der Waals surface area contributed by atoms with Crippen LogP contribution in [-0.2, 0) is 0 Å². The van der Waals surface area contributed by atoms with E-state index in [4.69, 9.17) is 4.74 Å². The molecule has 0 bridgehead atoms. The first-order valence-corrected chi connectivity index (χ1v) is 9.19. The van der Waals surface area contributed by atoms with Gasteiger partial charge in [0.05, 0.1) is 5.69 Å². The SMILES string of the molecule is Cc1n[nH]c(=O)n1-c1ccccc1Oc1nc(-c2cccc(OC(F)(F)F)c2)ns1. The minimum atomic E-state index is -4.80. The molecule has 2 heterocycles. The predicted octanol–water partition coefficient (Wildman–Crippen LogP) is 4.08. The van der Waals surface area contributed by atoms with Crippen LogP contribution in [0.4, 0.5) is 13.2 Å². The molecule has 0 unspecified atom stereocenters. The predicted molar refractivity (Wildman–Crippen MR) is 101 cm³/mol. The summed E-state index contributed by atoms with van der Waals surface area (Å²) in [4.78, 5) is 16.3. The third kappa shape index (κ3) is 4.17. The maximum absolute atomic E-state index is 12.4. The molecule has 1 N–H and O–H groups in total. The molecule has 0 aliphatic rings. The maximum Gasteiger partial charge on any atom is 0.573 e. The molecule has 4 rings (SSSR count). The van der Waals surface area contributed by atoms with Crippen LogP contribution in [0, 0.1) is 6.92 Å². The zero-order valence-corrected chi connectivity index (χ0v) is 16.0. The van der Waals surface area contributed by atoms with Crippen molar-refractivity contribution >= 4 is 11.5 Å². The van der Waals surface area contributed by atoms with E-state index in [-0.39, 0.29) is 16.8 Å². The molecule has 2 aromatic heterocycles. The Labute approximate surface area is 170 Å². The molecule has 8 nitrogen and oxygen atoms in total. The number of halogens is 3. The summed E-state index contributed by atoms with van der Waals surface area (Å²) in [5, 5.41) is 6.38. The quantitative estimate of drug-likeness (QED) is 0.508.